The van der Waals surface area contributed by atoms with Crippen molar-refractivity contribution in [1.82, 2.24) is 5.32 Å². The number of halogens is 1. The summed E-state index contributed by atoms with van der Waals surface area (Å²) >= 11 is 0. The Balaban J connectivity index is 2.15. The lowest BCUT2D eigenvalue weighted by atomic mass is 9.90. The molecule has 1 aliphatic rings. The van der Waals surface area contributed by atoms with E-state index in [1.54, 1.807) is 6.07 Å². The number of anilines is 1. The Bertz CT molecular complexity index is 473. The average molecular weight is 261 g/mol. The minimum atomic E-state index is -0.434. The molecule has 3 nitrogen and oxygen atoms in total. The molecule has 0 bridgehead atoms. The van der Waals surface area contributed by atoms with E-state index in [0.717, 1.165) is 25.7 Å². The van der Waals surface area contributed by atoms with Crippen molar-refractivity contribution in [2.75, 3.05) is 19.0 Å². The normalized spacial score (nSPS) is 22.8. The van der Waals surface area contributed by atoms with Crippen LogP contribution in [0.2, 0.25) is 0 Å². The first kappa shape index (κ1) is 13.8. The van der Waals surface area contributed by atoms with Crippen LogP contribution in [0.3, 0.4) is 0 Å². The Morgan fingerprint density at radius 1 is 1.32 bits per heavy atom. The summed E-state index contributed by atoms with van der Waals surface area (Å²) in [6.07, 6.45) is 4.40. The van der Waals surface area contributed by atoms with Crippen molar-refractivity contribution in [2.24, 2.45) is 0 Å². The third-order valence-electron chi connectivity index (χ3n) is 4.14. The molecule has 0 radical (unpaired) electrons. The summed E-state index contributed by atoms with van der Waals surface area (Å²) in [7, 11) is 3.95. The highest BCUT2D eigenvalue weighted by atomic mass is 19.1. The number of nitriles is 1. The first-order valence-electron chi connectivity index (χ1n) is 6.76. The van der Waals surface area contributed by atoms with Gasteiger partial charge in [0, 0.05) is 19.1 Å². The quantitative estimate of drug-likeness (QED) is 0.909. The second-order valence-corrected chi connectivity index (χ2v) is 5.15. The van der Waals surface area contributed by atoms with Crippen LogP contribution < -0.4 is 10.2 Å². The van der Waals surface area contributed by atoms with Gasteiger partial charge in [0.05, 0.1) is 5.69 Å². The van der Waals surface area contributed by atoms with Crippen LogP contribution in [0.15, 0.2) is 18.2 Å². The van der Waals surface area contributed by atoms with E-state index in [0.29, 0.717) is 17.8 Å². The van der Waals surface area contributed by atoms with Gasteiger partial charge in [-0.1, -0.05) is 6.07 Å². The maximum atomic E-state index is 13.6. The van der Waals surface area contributed by atoms with Gasteiger partial charge in [-0.3, -0.25) is 0 Å². The van der Waals surface area contributed by atoms with Crippen LogP contribution in [0.25, 0.3) is 0 Å². The van der Waals surface area contributed by atoms with E-state index in [9.17, 15) is 4.39 Å². The van der Waals surface area contributed by atoms with E-state index >= 15 is 0 Å². The van der Waals surface area contributed by atoms with Crippen LogP contribution in [0, 0.1) is 17.1 Å². The summed E-state index contributed by atoms with van der Waals surface area (Å²) < 4.78 is 13.6. The number of hydrogen-bond donors (Lipinski definition) is 1. The summed E-state index contributed by atoms with van der Waals surface area (Å²) in [6.45, 7) is 0. The van der Waals surface area contributed by atoms with Crippen molar-refractivity contribution in [3.8, 4) is 6.07 Å². The van der Waals surface area contributed by atoms with E-state index in [-0.39, 0.29) is 5.56 Å². The predicted molar refractivity (Wildman–Crippen MR) is 74.6 cm³/mol. The van der Waals surface area contributed by atoms with Crippen molar-refractivity contribution >= 4 is 5.69 Å². The van der Waals surface area contributed by atoms with Crippen LogP contribution in [-0.4, -0.2) is 26.2 Å². The standard InChI is InChI=1S/C15H20FN3/c1-18-11-6-8-12(9-7-11)19(2)15-5-3-4-14(16)13(15)10-17/h3-5,11-12,18H,6-9H2,1-2H3. The van der Waals surface area contributed by atoms with Gasteiger partial charge in [-0.2, -0.15) is 5.26 Å². The largest absolute Gasteiger partial charge is 0.370 e. The molecular weight excluding hydrogens is 241 g/mol. The average Bonchev–Trinajstić information content (AvgIpc) is 2.46. The summed E-state index contributed by atoms with van der Waals surface area (Å²) in [5.74, 6) is -0.434. The molecule has 1 aliphatic carbocycles. The smallest absolute Gasteiger partial charge is 0.143 e. The van der Waals surface area contributed by atoms with Crippen molar-refractivity contribution < 1.29 is 4.39 Å². The van der Waals surface area contributed by atoms with Crippen molar-refractivity contribution in [3.05, 3.63) is 29.6 Å². The Hall–Kier alpha value is -1.60. The zero-order chi connectivity index (χ0) is 13.8. The van der Waals surface area contributed by atoms with E-state index in [2.05, 4.69) is 10.2 Å². The number of nitrogens with zero attached hydrogens (tertiary/aromatic N) is 2. The van der Waals surface area contributed by atoms with Gasteiger partial charge in [0.2, 0.25) is 0 Å². The van der Waals surface area contributed by atoms with Crippen LogP contribution in [0.5, 0.6) is 0 Å². The highest BCUT2D eigenvalue weighted by Gasteiger charge is 2.25. The van der Waals surface area contributed by atoms with Gasteiger partial charge in [-0.05, 0) is 44.9 Å². The van der Waals surface area contributed by atoms with Gasteiger partial charge in [-0.25, -0.2) is 4.39 Å². The SMILES string of the molecule is CNC1CCC(N(C)c2cccc(F)c2C#N)CC1. The molecule has 1 aromatic carbocycles. The fourth-order valence-electron chi connectivity index (χ4n) is 2.87. The molecule has 1 fully saturated rings. The number of benzene rings is 1. The van der Waals surface area contributed by atoms with Gasteiger partial charge in [0.25, 0.3) is 0 Å². The molecule has 2 rings (SSSR count). The fourth-order valence-corrected chi connectivity index (χ4v) is 2.87. The van der Waals surface area contributed by atoms with Gasteiger partial charge in [-0.15, -0.1) is 0 Å². The number of rotatable bonds is 3. The topological polar surface area (TPSA) is 39.1 Å². The summed E-state index contributed by atoms with van der Waals surface area (Å²) in [4.78, 5) is 2.06. The highest BCUT2D eigenvalue weighted by molar-refractivity contribution is 5.60. The predicted octanol–water partition coefficient (Wildman–Crippen LogP) is 2.66. The Labute approximate surface area is 114 Å². The molecule has 1 saturated carbocycles. The third kappa shape index (κ3) is 2.87. The molecule has 1 N–H and O–H groups in total. The van der Waals surface area contributed by atoms with Crippen molar-refractivity contribution in [2.45, 2.75) is 37.8 Å². The van der Waals surface area contributed by atoms with E-state index in [1.807, 2.05) is 26.2 Å². The van der Waals surface area contributed by atoms with Gasteiger partial charge in [0.15, 0.2) is 0 Å². The molecule has 102 valence electrons. The Kier molecular flexibility index (Phi) is 4.39. The summed E-state index contributed by atoms with van der Waals surface area (Å²) in [5.41, 5.74) is 0.858. The van der Waals surface area contributed by atoms with Crippen LogP contribution >= 0.6 is 0 Å². The van der Waals surface area contributed by atoms with Crippen LogP contribution in [-0.2, 0) is 0 Å². The minimum absolute atomic E-state index is 0.153. The Morgan fingerprint density at radius 3 is 2.58 bits per heavy atom. The van der Waals surface area contributed by atoms with Crippen LogP contribution in [0.1, 0.15) is 31.2 Å². The molecule has 4 heteroatoms. The van der Waals surface area contributed by atoms with Crippen LogP contribution in [0.4, 0.5) is 10.1 Å². The monoisotopic (exact) mass is 261 g/mol. The zero-order valence-corrected chi connectivity index (χ0v) is 11.5. The maximum absolute atomic E-state index is 13.6. The van der Waals surface area contributed by atoms with E-state index in [1.165, 1.54) is 6.07 Å². The first-order chi connectivity index (χ1) is 9.17. The van der Waals surface area contributed by atoms with Crippen molar-refractivity contribution in [1.29, 1.82) is 5.26 Å². The minimum Gasteiger partial charge on any atom is -0.370 e. The summed E-state index contributed by atoms with van der Waals surface area (Å²) in [6, 6.07) is 7.79. The number of nitrogens with one attached hydrogen (secondary N) is 1. The van der Waals surface area contributed by atoms with E-state index in [4.69, 9.17) is 5.26 Å². The molecule has 0 aromatic heterocycles. The molecule has 19 heavy (non-hydrogen) atoms. The number of hydrogen-bond acceptors (Lipinski definition) is 3. The lowest BCUT2D eigenvalue weighted by molar-refractivity contribution is 0.351. The molecule has 0 spiro atoms. The van der Waals surface area contributed by atoms with Gasteiger partial charge in [0.1, 0.15) is 17.4 Å². The molecule has 0 unspecified atom stereocenters. The molecule has 0 heterocycles. The highest BCUT2D eigenvalue weighted by Crippen LogP contribution is 2.29. The molecule has 1 aromatic rings. The lowest BCUT2D eigenvalue weighted by Crippen LogP contribution is -2.40. The molecular formula is C15H20FN3. The molecule has 0 saturated heterocycles. The maximum Gasteiger partial charge on any atom is 0.143 e. The zero-order valence-electron chi connectivity index (χ0n) is 11.5. The molecule has 0 amide bonds. The third-order valence-corrected chi connectivity index (χ3v) is 4.14. The second kappa shape index (κ2) is 6.03. The Morgan fingerprint density at radius 2 is 2.00 bits per heavy atom. The van der Waals surface area contributed by atoms with E-state index < -0.39 is 5.82 Å². The first-order valence-corrected chi connectivity index (χ1v) is 6.76. The van der Waals surface area contributed by atoms with Crippen molar-refractivity contribution in [3.63, 3.8) is 0 Å². The second-order valence-electron chi connectivity index (χ2n) is 5.15. The van der Waals surface area contributed by atoms with Gasteiger partial charge >= 0.3 is 0 Å². The molecule has 0 atom stereocenters. The van der Waals surface area contributed by atoms with Gasteiger partial charge < -0.3 is 10.2 Å². The molecule has 0 aliphatic heterocycles. The summed E-state index contributed by atoms with van der Waals surface area (Å²) in [5, 5.41) is 12.4. The lowest BCUT2D eigenvalue weighted by Gasteiger charge is -2.36. The fraction of sp³-hybridized carbons (Fsp3) is 0.533.